The first-order valence-corrected chi connectivity index (χ1v) is 6.07. The van der Waals surface area contributed by atoms with Gasteiger partial charge in [0.1, 0.15) is 0 Å². The molecule has 0 unspecified atom stereocenters. The van der Waals surface area contributed by atoms with Gasteiger partial charge >= 0.3 is 0 Å². The molecule has 106 valence electrons. The van der Waals surface area contributed by atoms with Gasteiger partial charge in [0, 0.05) is 31.6 Å². The van der Waals surface area contributed by atoms with E-state index in [2.05, 4.69) is 0 Å². The molecule has 1 saturated heterocycles. The number of halogens is 1. The number of amides is 2. The SMILES string of the molecule is C[C@H](N)C(=O)N1CCN(C(=O)C(C)(C)C)CC1.Cl. The lowest BCUT2D eigenvalue weighted by Crippen LogP contribution is -2.55. The molecule has 5 nitrogen and oxygen atoms in total. The van der Waals surface area contributed by atoms with Gasteiger partial charge in [0.2, 0.25) is 11.8 Å². The quantitative estimate of drug-likeness (QED) is 0.758. The third-order valence-electron chi connectivity index (χ3n) is 2.91. The van der Waals surface area contributed by atoms with E-state index >= 15 is 0 Å². The summed E-state index contributed by atoms with van der Waals surface area (Å²) in [7, 11) is 0. The van der Waals surface area contributed by atoms with Gasteiger partial charge in [-0.25, -0.2) is 0 Å². The molecule has 1 heterocycles. The molecule has 0 bridgehead atoms. The fraction of sp³-hybridized carbons (Fsp3) is 0.833. The molecule has 0 aromatic carbocycles. The first-order chi connectivity index (χ1) is 7.73. The van der Waals surface area contributed by atoms with Gasteiger partial charge in [0.25, 0.3) is 0 Å². The number of hydrogen-bond donors (Lipinski definition) is 1. The topological polar surface area (TPSA) is 66.6 Å². The maximum atomic E-state index is 12.0. The van der Waals surface area contributed by atoms with Gasteiger partial charge in [-0.3, -0.25) is 9.59 Å². The molecule has 1 rings (SSSR count). The second kappa shape index (κ2) is 6.38. The Bertz CT molecular complexity index is 305. The summed E-state index contributed by atoms with van der Waals surface area (Å²) < 4.78 is 0. The molecule has 2 N–H and O–H groups in total. The molecule has 1 atom stereocenters. The predicted molar refractivity (Wildman–Crippen MR) is 73.5 cm³/mol. The van der Waals surface area contributed by atoms with Crippen LogP contribution in [-0.4, -0.2) is 53.8 Å². The van der Waals surface area contributed by atoms with Crippen molar-refractivity contribution in [2.24, 2.45) is 11.1 Å². The highest BCUT2D eigenvalue weighted by Crippen LogP contribution is 2.18. The van der Waals surface area contributed by atoms with E-state index in [1.807, 2.05) is 25.7 Å². The first kappa shape index (κ1) is 17.2. The van der Waals surface area contributed by atoms with Crippen LogP contribution in [0.1, 0.15) is 27.7 Å². The first-order valence-electron chi connectivity index (χ1n) is 6.07. The second-order valence-electron chi connectivity index (χ2n) is 5.66. The largest absolute Gasteiger partial charge is 0.339 e. The fourth-order valence-electron chi connectivity index (χ4n) is 1.89. The van der Waals surface area contributed by atoms with Crippen molar-refractivity contribution in [3.63, 3.8) is 0 Å². The molecular weight excluding hydrogens is 254 g/mol. The van der Waals surface area contributed by atoms with E-state index in [0.29, 0.717) is 26.2 Å². The Balaban J connectivity index is 0.00000289. The van der Waals surface area contributed by atoms with Crippen LogP contribution in [0.5, 0.6) is 0 Å². The van der Waals surface area contributed by atoms with Crippen molar-refractivity contribution in [1.29, 1.82) is 0 Å². The number of piperazine rings is 1. The van der Waals surface area contributed by atoms with E-state index in [0.717, 1.165) is 0 Å². The molecule has 6 heteroatoms. The lowest BCUT2D eigenvalue weighted by molar-refractivity contribution is -0.145. The second-order valence-corrected chi connectivity index (χ2v) is 5.66. The number of nitrogens with zero attached hydrogens (tertiary/aromatic N) is 2. The van der Waals surface area contributed by atoms with Crippen LogP contribution in [0.15, 0.2) is 0 Å². The molecule has 1 aliphatic rings. The van der Waals surface area contributed by atoms with E-state index in [-0.39, 0.29) is 29.6 Å². The van der Waals surface area contributed by atoms with Crippen molar-refractivity contribution in [3.05, 3.63) is 0 Å². The number of nitrogens with two attached hydrogens (primary N) is 1. The van der Waals surface area contributed by atoms with Gasteiger partial charge in [-0.1, -0.05) is 20.8 Å². The monoisotopic (exact) mass is 277 g/mol. The smallest absolute Gasteiger partial charge is 0.239 e. The fourth-order valence-corrected chi connectivity index (χ4v) is 1.89. The van der Waals surface area contributed by atoms with Gasteiger partial charge in [-0.15, -0.1) is 12.4 Å². The van der Waals surface area contributed by atoms with Gasteiger partial charge < -0.3 is 15.5 Å². The minimum atomic E-state index is -0.458. The summed E-state index contributed by atoms with van der Waals surface area (Å²) in [5.41, 5.74) is 5.20. The highest BCUT2D eigenvalue weighted by Gasteiger charge is 2.31. The molecule has 0 aromatic heterocycles. The van der Waals surface area contributed by atoms with Crippen molar-refractivity contribution in [3.8, 4) is 0 Å². The van der Waals surface area contributed by atoms with Gasteiger partial charge in [-0.05, 0) is 6.92 Å². The lowest BCUT2D eigenvalue weighted by Gasteiger charge is -2.38. The Morgan fingerprint density at radius 3 is 1.78 bits per heavy atom. The van der Waals surface area contributed by atoms with E-state index in [1.165, 1.54) is 0 Å². The summed E-state index contributed by atoms with van der Waals surface area (Å²) in [6.07, 6.45) is 0. The van der Waals surface area contributed by atoms with Crippen LogP contribution < -0.4 is 5.73 Å². The van der Waals surface area contributed by atoms with Crippen LogP contribution in [0, 0.1) is 5.41 Å². The average Bonchev–Trinajstić information content (AvgIpc) is 2.26. The van der Waals surface area contributed by atoms with Crippen LogP contribution >= 0.6 is 12.4 Å². The van der Waals surface area contributed by atoms with Gasteiger partial charge in [-0.2, -0.15) is 0 Å². The summed E-state index contributed by atoms with van der Waals surface area (Å²) in [4.78, 5) is 27.3. The van der Waals surface area contributed by atoms with Crippen molar-refractivity contribution in [1.82, 2.24) is 9.80 Å². The average molecular weight is 278 g/mol. The molecule has 0 spiro atoms. The van der Waals surface area contributed by atoms with Crippen molar-refractivity contribution >= 4 is 24.2 Å². The molecular formula is C12H24ClN3O2. The van der Waals surface area contributed by atoms with Crippen LogP contribution in [0.3, 0.4) is 0 Å². The maximum Gasteiger partial charge on any atom is 0.239 e. The zero-order valence-corrected chi connectivity index (χ0v) is 12.4. The summed E-state index contributed by atoms with van der Waals surface area (Å²) >= 11 is 0. The Labute approximate surface area is 115 Å². The molecule has 0 radical (unpaired) electrons. The van der Waals surface area contributed by atoms with Crippen LogP contribution in [0.2, 0.25) is 0 Å². The Morgan fingerprint density at radius 1 is 1.06 bits per heavy atom. The standard InChI is InChI=1S/C12H23N3O2.ClH/c1-9(13)10(16)14-5-7-15(8-6-14)11(17)12(2,3)4;/h9H,5-8,13H2,1-4H3;1H/t9-;/m0./s1. The number of carbonyl (C=O) groups is 2. The third-order valence-corrected chi connectivity index (χ3v) is 2.91. The van der Waals surface area contributed by atoms with Gasteiger partial charge in [0.15, 0.2) is 0 Å². The molecule has 0 saturated carbocycles. The zero-order chi connectivity index (χ0) is 13.2. The van der Waals surface area contributed by atoms with Gasteiger partial charge in [0.05, 0.1) is 6.04 Å². The summed E-state index contributed by atoms with van der Waals surface area (Å²) in [5.74, 6) is 0.109. The van der Waals surface area contributed by atoms with E-state index in [9.17, 15) is 9.59 Å². The summed E-state index contributed by atoms with van der Waals surface area (Å²) in [6.45, 7) is 9.81. The molecule has 0 aromatic rings. The molecule has 2 amide bonds. The zero-order valence-electron chi connectivity index (χ0n) is 11.6. The molecule has 1 aliphatic heterocycles. The van der Waals surface area contributed by atoms with Crippen molar-refractivity contribution in [2.75, 3.05) is 26.2 Å². The number of hydrogen-bond acceptors (Lipinski definition) is 3. The van der Waals surface area contributed by atoms with E-state index in [1.54, 1.807) is 11.8 Å². The van der Waals surface area contributed by atoms with Crippen LogP contribution in [0.4, 0.5) is 0 Å². The molecule has 1 fully saturated rings. The summed E-state index contributed by atoms with van der Waals surface area (Å²) in [6, 6.07) is -0.458. The maximum absolute atomic E-state index is 12.0. The Morgan fingerprint density at radius 2 is 1.44 bits per heavy atom. The van der Waals surface area contributed by atoms with Crippen molar-refractivity contribution < 1.29 is 9.59 Å². The van der Waals surface area contributed by atoms with E-state index in [4.69, 9.17) is 5.73 Å². The minimum absolute atomic E-state index is 0. The van der Waals surface area contributed by atoms with Crippen molar-refractivity contribution in [2.45, 2.75) is 33.7 Å². The summed E-state index contributed by atoms with van der Waals surface area (Å²) in [5, 5.41) is 0. The highest BCUT2D eigenvalue weighted by molar-refractivity contribution is 5.85. The van der Waals surface area contributed by atoms with Crippen LogP contribution in [-0.2, 0) is 9.59 Å². The lowest BCUT2D eigenvalue weighted by atomic mass is 9.94. The minimum Gasteiger partial charge on any atom is -0.339 e. The highest BCUT2D eigenvalue weighted by atomic mass is 35.5. The number of rotatable bonds is 1. The molecule has 18 heavy (non-hydrogen) atoms. The van der Waals surface area contributed by atoms with Crippen LogP contribution in [0.25, 0.3) is 0 Å². The molecule has 0 aliphatic carbocycles. The Kier molecular flexibility index (Phi) is 6.10. The Hall–Kier alpha value is -0.810. The predicted octanol–water partition coefficient (Wildman–Crippen LogP) is 0.472. The van der Waals surface area contributed by atoms with E-state index < -0.39 is 6.04 Å². The normalized spacial score (nSPS) is 18.1. The number of carbonyl (C=O) groups excluding carboxylic acids is 2. The third kappa shape index (κ3) is 4.14.